The molecule has 1 aliphatic heterocycles. The lowest BCUT2D eigenvalue weighted by Gasteiger charge is -2.40. The first-order valence-corrected chi connectivity index (χ1v) is 28.1. The maximum absolute atomic E-state index is 13.1. The second-order valence-corrected chi connectivity index (χ2v) is 18.1. The van der Waals surface area contributed by atoms with E-state index in [1.54, 1.807) is 0 Å². The zero-order chi connectivity index (χ0) is 56.1. The second-order valence-electron chi connectivity index (χ2n) is 18.1. The summed E-state index contributed by atoms with van der Waals surface area (Å²) in [5, 5.41) is 31.4. The van der Waals surface area contributed by atoms with Crippen LogP contribution in [0, 0.1) is 0 Å². The van der Waals surface area contributed by atoms with Crippen molar-refractivity contribution < 1.29 is 58.2 Å². The van der Waals surface area contributed by atoms with E-state index in [4.69, 9.17) is 23.7 Å². The van der Waals surface area contributed by atoms with Crippen molar-refractivity contribution in [3.05, 3.63) is 170 Å². The molecule has 12 heteroatoms. The quantitative estimate of drug-likeness (QED) is 0.0228. The molecule has 6 atom stereocenters. The highest BCUT2D eigenvalue weighted by atomic mass is 16.7. The van der Waals surface area contributed by atoms with Crippen molar-refractivity contribution in [2.24, 2.45) is 0 Å². The first-order chi connectivity index (χ1) is 37.6. The molecule has 12 nitrogen and oxygen atoms in total. The van der Waals surface area contributed by atoms with Gasteiger partial charge in [0.05, 0.1) is 6.61 Å². The van der Waals surface area contributed by atoms with Crippen LogP contribution in [-0.4, -0.2) is 89.2 Å². The van der Waals surface area contributed by atoms with Gasteiger partial charge in [-0.15, -0.1) is 0 Å². The van der Waals surface area contributed by atoms with E-state index in [9.17, 15) is 34.5 Å². The molecular weight excluding hydrogens is 973 g/mol. The molecular formula is C65H94O12. The number of carboxylic acid groups (broad SMARTS) is 1. The summed E-state index contributed by atoms with van der Waals surface area (Å²) in [6.45, 7) is 5.47. The predicted molar refractivity (Wildman–Crippen MR) is 312 cm³/mol. The number of aliphatic hydroxyl groups excluding tert-OH is 2. The van der Waals surface area contributed by atoms with Crippen LogP contribution in [0.2, 0.25) is 0 Å². The highest BCUT2D eigenvalue weighted by Crippen LogP contribution is 2.26. The number of ether oxygens (including phenoxy) is 5. The van der Waals surface area contributed by atoms with Crippen molar-refractivity contribution in [3.8, 4) is 0 Å². The summed E-state index contributed by atoms with van der Waals surface area (Å²) in [7, 11) is 0. The highest BCUT2D eigenvalue weighted by Gasteiger charge is 2.50. The van der Waals surface area contributed by atoms with Gasteiger partial charge in [0.15, 0.2) is 24.6 Å². The minimum absolute atomic E-state index is 0.0116. The van der Waals surface area contributed by atoms with Crippen LogP contribution >= 0.6 is 0 Å². The van der Waals surface area contributed by atoms with Gasteiger partial charge in [0, 0.05) is 19.3 Å². The molecule has 0 amide bonds. The van der Waals surface area contributed by atoms with E-state index < -0.39 is 73.9 Å². The fourth-order valence-electron chi connectivity index (χ4n) is 7.10. The molecule has 1 fully saturated rings. The molecule has 1 saturated heterocycles. The van der Waals surface area contributed by atoms with Gasteiger partial charge < -0.3 is 39.0 Å². The number of carbonyl (C=O) groups excluding carboxylic acids is 3. The number of rotatable bonds is 44. The van der Waals surface area contributed by atoms with Gasteiger partial charge in [-0.1, -0.05) is 191 Å². The Bertz CT molecular complexity index is 1990. The van der Waals surface area contributed by atoms with Gasteiger partial charge in [0.2, 0.25) is 0 Å². The third-order valence-corrected chi connectivity index (χ3v) is 11.3. The molecule has 77 heavy (non-hydrogen) atoms. The number of carbonyl (C=O) groups is 4. The Kier molecular flexibility index (Phi) is 45.6. The summed E-state index contributed by atoms with van der Waals surface area (Å²) >= 11 is 0. The van der Waals surface area contributed by atoms with Crippen LogP contribution in [0.15, 0.2) is 170 Å². The first kappa shape index (κ1) is 69.1. The van der Waals surface area contributed by atoms with Crippen molar-refractivity contribution in [1.82, 2.24) is 0 Å². The van der Waals surface area contributed by atoms with Crippen LogP contribution in [0.25, 0.3) is 0 Å². The molecule has 6 unspecified atom stereocenters. The number of allylic oxidation sites excluding steroid dienone is 28. The average molecular weight is 1070 g/mol. The van der Waals surface area contributed by atoms with E-state index in [-0.39, 0.29) is 19.3 Å². The van der Waals surface area contributed by atoms with E-state index in [0.717, 1.165) is 83.5 Å². The summed E-state index contributed by atoms with van der Waals surface area (Å²) in [5.74, 6) is -3.43. The van der Waals surface area contributed by atoms with Crippen molar-refractivity contribution in [2.45, 2.75) is 199 Å². The van der Waals surface area contributed by atoms with Gasteiger partial charge >= 0.3 is 23.9 Å². The zero-order valence-corrected chi connectivity index (χ0v) is 46.6. The summed E-state index contributed by atoms with van der Waals surface area (Å²) < 4.78 is 28.1. The van der Waals surface area contributed by atoms with Crippen LogP contribution in [0.1, 0.15) is 162 Å². The van der Waals surface area contributed by atoms with Gasteiger partial charge in [-0.25, -0.2) is 4.79 Å². The van der Waals surface area contributed by atoms with E-state index in [1.165, 1.54) is 0 Å². The van der Waals surface area contributed by atoms with Crippen LogP contribution in [-0.2, 0) is 42.9 Å². The first-order valence-electron chi connectivity index (χ1n) is 28.1. The molecule has 426 valence electrons. The Balaban J connectivity index is 2.83. The maximum Gasteiger partial charge on any atom is 0.335 e. The van der Waals surface area contributed by atoms with Gasteiger partial charge in [0.25, 0.3) is 0 Å². The van der Waals surface area contributed by atoms with Gasteiger partial charge in [0.1, 0.15) is 18.8 Å². The third-order valence-electron chi connectivity index (χ3n) is 11.3. The third kappa shape index (κ3) is 40.9. The number of aliphatic hydroxyl groups is 2. The molecule has 3 N–H and O–H groups in total. The molecule has 1 rings (SSSR count). The van der Waals surface area contributed by atoms with Crippen LogP contribution in [0.5, 0.6) is 0 Å². The monoisotopic (exact) mass is 1070 g/mol. The SMILES string of the molecule is CC/C=C\C/C=C\C/C=C\C/C=C\C/C=C\CCCC(=O)OCC(COC1OC(C(=O)O)C(O)C(O)C1OC(=O)CCC/C=C\C/C=C\C/C=C\C/C=C\C/C=C\CC)OC(=O)CC/C=C\C/C=C\C/C=C\C/C=C\CC. The summed E-state index contributed by atoms with van der Waals surface area (Å²) in [4.78, 5) is 51.0. The predicted octanol–water partition coefficient (Wildman–Crippen LogP) is 14.3. The second kappa shape index (κ2) is 50.9. The standard InChI is InChI=1S/C65H94O12/c1-4-7-10-13-16-19-22-25-27-29-31-34-36-39-42-45-48-51-57(66)73-54-56(75-58(67)52-49-46-43-40-37-33-24-21-18-15-12-9-6-3)55-74-65-63(61(70)60(69)62(77-65)64(71)72)76-59(68)53-50-47-44-41-38-35-32-30-28-26-23-20-17-14-11-8-5-2/h7-12,16-21,25-28,31-35,37,39,41-44,46,56,60-63,65,69-70H,4-6,13-15,22-24,29-30,36,38,40,45,47-55H2,1-3H3,(H,71,72)/b10-7-,11-8-,12-9-,19-16-,20-17-,21-18-,27-25-,28-26-,34-31-,35-32-,37-33-,42-39-,44-41-,46-43-. The lowest BCUT2D eigenvalue weighted by molar-refractivity contribution is -0.301. The van der Waals surface area contributed by atoms with Gasteiger partial charge in [-0.3, -0.25) is 14.4 Å². The van der Waals surface area contributed by atoms with Gasteiger partial charge in [-0.2, -0.15) is 0 Å². The Morgan fingerprint density at radius 1 is 0.429 bits per heavy atom. The lowest BCUT2D eigenvalue weighted by atomic mass is 9.98. The van der Waals surface area contributed by atoms with Gasteiger partial charge in [-0.05, 0) is 122 Å². The molecule has 0 aromatic carbocycles. The molecule has 0 saturated carbocycles. The van der Waals surface area contributed by atoms with E-state index in [0.29, 0.717) is 38.5 Å². The Hall–Kier alpha value is -5.92. The molecule has 1 aliphatic rings. The number of hydrogen-bond acceptors (Lipinski definition) is 11. The number of esters is 3. The van der Waals surface area contributed by atoms with Crippen LogP contribution < -0.4 is 0 Å². The molecule has 0 radical (unpaired) electrons. The minimum atomic E-state index is -1.95. The smallest absolute Gasteiger partial charge is 0.335 e. The largest absolute Gasteiger partial charge is 0.479 e. The summed E-state index contributed by atoms with van der Waals surface area (Å²) in [5.41, 5.74) is 0. The van der Waals surface area contributed by atoms with E-state index in [1.807, 2.05) is 42.5 Å². The fourth-order valence-corrected chi connectivity index (χ4v) is 7.10. The molecule has 0 aromatic rings. The van der Waals surface area contributed by atoms with E-state index >= 15 is 0 Å². The molecule has 0 aliphatic carbocycles. The number of aliphatic carboxylic acids is 1. The number of unbranched alkanes of at least 4 members (excludes halogenated alkanes) is 2. The van der Waals surface area contributed by atoms with E-state index in [2.05, 4.69) is 148 Å². The Morgan fingerprint density at radius 3 is 1.16 bits per heavy atom. The summed E-state index contributed by atoms with van der Waals surface area (Å²) in [6, 6.07) is 0. The average Bonchev–Trinajstić information content (AvgIpc) is 3.42. The topological polar surface area (TPSA) is 175 Å². The minimum Gasteiger partial charge on any atom is -0.479 e. The molecule has 0 bridgehead atoms. The normalized spacial score (nSPS) is 19.3. The molecule has 0 aromatic heterocycles. The van der Waals surface area contributed by atoms with Crippen LogP contribution in [0.4, 0.5) is 0 Å². The molecule has 1 heterocycles. The lowest BCUT2D eigenvalue weighted by Crippen LogP contribution is -2.61. The summed E-state index contributed by atoms with van der Waals surface area (Å²) in [6.07, 6.45) is 63.6. The van der Waals surface area contributed by atoms with Crippen molar-refractivity contribution in [2.75, 3.05) is 13.2 Å². The number of carboxylic acids is 1. The Morgan fingerprint density at radius 2 is 0.779 bits per heavy atom. The zero-order valence-electron chi connectivity index (χ0n) is 46.6. The number of hydrogen-bond donors (Lipinski definition) is 3. The molecule has 0 spiro atoms. The van der Waals surface area contributed by atoms with Crippen molar-refractivity contribution in [1.29, 1.82) is 0 Å². The van der Waals surface area contributed by atoms with Crippen LogP contribution in [0.3, 0.4) is 0 Å². The van der Waals surface area contributed by atoms with Crippen molar-refractivity contribution >= 4 is 23.9 Å². The highest BCUT2D eigenvalue weighted by molar-refractivity contribution is 5.74. The fraction of sp³-hybridized carbons (Fsp3) is 0.508. The maximum atomic E-state index is 13.1. The Labute approximate surface area is 462 Å². The van der Waals surface area contributed by atoms with Crippen molar-refractivity contribution in [3.63, 3.8) is 0 Å².